The van der Waals surface area contributed by atoms with Crippen LogP contribution in [0.25, 0.3) is 0 Å². The van der Waals surface area contributed by atoms with Gasteiger partial charge in [0.2, 0.25) is 0 Å². The number of anilines is 1. The summed E-state index contributed by atoms with van der Waals surface area (Å²) in [6.07, 6.45) is 1.12. The van der Waals surface area contributed by atoms with Crippen molar-refractivity contribution < 1.29 is 18.3 Å². The molecule has 0 atom stereocenters. The van der Waals surface area contributed by atoms with Crippen LogP contribution in [-0.2, 0) is 10.0 Å². The van der Waals surface area contributed by atoms with Gasteiger partial charge in [0.25, 0.3) is 10.0 Å². The SMILES string of the molecule is Cc1cc(S(=O)(=O)Nc2ccc(Cl)c(C(=O)O)c2)cnc1Cl. The number of benzene rings is 1. The maximum absolute atomic E-state index is 12.3. The van der Waals surface area contributed by atoms with E-state index < -0.39 is 16.0 Å². The van der Waals surface area contributed by atoms with Crippen LogP contribution in [0.1, 0.15) is 15.9 Å². The highest BCUT2D eigenvalue weighted by atomic mass is 35.5. The molecule has 0 unspecified atom stereocenters. The van der Waals surface area contributed by atoms with Crippen molar-refractivity contribution >= 4 is 44.9 Å². The second-order valence-corrected chi connectivity index (χ2v) is 6.83. The molecule has 2 rings (SSSR count). The first-order chi connectivity index (χ1) is 10.2. The number of carboxylic acids is 1. The first kappa shape index (κ1) is 16.5. The normalized spacial score (nSPS) is 11.2. The number of hydrogen-bond acceptors (Lipinski definition) is 4. The van der Waals surface area contributed by atoms with Gasteiger partial charge in [-0.3, -0.25) is 4.72 Å². The Balaban J connectivity index is 2.38. The molecule has 1 heterocycles. The second-order valence-electron chi connectivity index (χ2n) is 4.38. The van der Waals surface area contributed by atoms with Gasteiger partial charge in [-0.2, -0.15) is 0 Å². The largest absolute Gasteiger partial charge is 0.478 e. The number of nitrogens with zero attached hydrogens (tertiary/aromatic N) is 1. The van der Waals surface area contributed by atoms with Gasteiger partial charge in [-0.25, -0.2) is 18.2 Å². The minimum atomic E-state index is -3.92. The van der Waals surface area contributed by atoms with Crippen LogP contribution in [-0.4, -0.2) is 24.5 Å². The lowest BCUT2D eigenvalue weighted by atomic mass is 10.2. The summed E-state index contributed by atoms with van der Waals surface area (Å²) in [5.41, 5.74) is 0.383. The Morgan fingerprint density at radius 2 is 1.95 bits per heavy atom. The van der Waals surface area contributed by atoms with E-state index in [1.807, 2.05) is 0 Å². The van der Waals surface area contributed by atoms with E-state index in [0.29, 0.717) is 5.56 Å². The molecule has 2 aromatic rings. The summed E-state index contributed by atoms with van der Waals surface area (Å²) >= 11 is 11.5. The van der Waals surface area contributed by atoms with Crippen molar-refractivity contribution in [2.75, 3.05) is 4.72 Å². The molecule has 1 aromatic heterocycles. The summed E-state index contributed by atoms with van der Waals surface area (Å²) in [6, 6.07) is 5.17. The average Bonchev–Trinajstić information content (AvgIpc) is 2.43. The van der Waals surface area contributed by atoms with Crippen LogP contribution >= 0.6 is 23.2 Å². The zero-order chi connectivity index (χ0) is 16.5. The molecule has 0 bridgehead atoms. The zero-order valence-corrected chi connectivity index (χ0v) is 13.5. The Bertz CT molecular complexity index is 853. The minimum Gasteiger partial charge on any atom is -0.478 e. The molecule has 9 heteroatoms. The molecule has 0 radical (unpaired) electrons. The number of aromatic nitrogens is 1. The minimum absolute atomic E-state index is 0.0134. The topological polar surface area (TPSA) is 96.4 Å². The summed E-state index contributed by atoms with van der Waals surface area (Å²) in [4.78, 5) is 14.7. The molecule has 0 spiro atoms. The van der Waals surface area contributed by atoms with Crippen LogP contribution in [0.3, 0.4) is 0 Å². The molecule has 2 N–H and O–H groups in total. The van der Waals surface area contributed by atoms with Crippen LogP contribution in [0.15, 0.2) is 35.4 Å². The average molecular weight is 361 g/mol. The van der Waals surface area contributed by atoms with Gasteiger partial charge in [0, 0.05) is 11.9 Å². The molecule has 0 fully saturated rings. The molecule has 0 amide bonds. The van der Waals surface area contributed by atoms with Crippen LogP contribution in [0.5, 0.6) is 0 Å². The third-order valence-electron chi connectivity index (χ3n) is 2.75. The monoisotopic (exact) mass is 360 g/mol. The molecule has 6 nitrogen and oxygen atoms in total. The number of nitrogens with one attached hydrogen (secondary N) is 1. The zero-order valence-electron chi connectivity index (χ0n) is 11.2. The van der Waals surface area contributed by atoms with Crippen molar-refractivity contribution in [2.24, 2.45) is 0 Å². The van der Waals surface area contributed by atoms with E-state index in [1.165, 1.54) is 18.2 Å². The molecule has 1 aromatic carbocycles. The maximum Gasteiger partial charge on any atom is 0.337 e. The van der Waals surface area contributed by atoms with Crippen molar-refractivity contribution in [3.63, 3.8) is 0 Å². The standard InChI is InChI=1S/C13H10Cl2N2O4S/c1-7-4-9(6-16-12(7)15)22(20,21)17-8-2-3-11(14)10(5-8)13(18)19/h2-6,17H,1H3,(H,18,19). The Morgan fingerprint density at radius 3 is 2.55 bits per heavy atom. The maximum atomic E-state index is 12.3. The fraction of sp³-hybridized carbons (Fsp3) is 0.0769. The van der Waals surface area contributed by atoms with E-state index in [0.717, 1.165) is 12.3 Å². The Morgan fingerprint density at radius 1 is 1.27 bits per heavy atom. The van der Waals surface area contributed by atoms with E-state index in [-0.39, 0.29) is 26.3 Å². The number of halogens is 2. The predicted octanol–water partition coefficient (Wildman–Crippen LogP) is 3.20. The Kier molecular flexibility index (Phi) is 4.60. The molecule has 0 aliphatic carbocycles. The van der Waals surface area contributed by atoms with E-state index in [2.05, 4.69) is 9.71 Å². The van der Waals surface area contributed by atoms with Gasteiger partial charge < -0.3 is 5.11 Å². The first-order valence-electron chi connectivity index (χ1n) is 5.88. The van der Waals surface area contributed by atoms with E-state index >= 15 is 0 Å². The molecule has 0 saturated carbocycles. The molecule has 0 aliphatic heterocycles. The summed E-state index contributed by atoms with van der Waals surface area (Å²) in [5, 5.41) is 9.21. The lowest BCUT2D eigenvalue weighted by Gasteiger charge is -2.10. The van der Waals surface area contributed by atoms with Gasteiger partial charge in [-0.1, -0.05) is 23.2 Å². The van der Waals surface area contributed by atoms with Crippen molar-refractivity contribution in [1.82, 2.24) is 4.98 Å². The molecule has 22 heavy (non-hydrogen) atoms. The van der Waals surface area contributed by atoms with Gasteiger partial charge in [0.1, 0.15) is 10.0 Å². The summed E-state index contributed by atoms with van der Waals surface area (Å²) in [7, 11) is -3.92. The van der Waals surface area contributed by atoms with Crippen molar-refractivity contribution in [1.29, 1.82) is 0 Å². The van der Waals surface area contributed by atoms with E-state index in [9.17, 15) is 13.2 Å². The quantitative estimate of drug-likeness (QED) is 0.816. The van der Waals surface area contributed by atoms with Crippen molar-refractivity contribution in [3.8, 4) is 0 Å². The fourth-order valence-corrected chi connectivity index (χ4v) is 3.03. The molecule has 0 saturated heterocycles. The van der Waals surface area contributed by atoms with Gasteiger partial charge in [-0.05, 0) is 36.8 Å². The summed E-state index contributed by atoms with van der Waals surface area (Å²) in [6.45, 7) is 1.62. The number of pyridine rings is 1. The lowest BCUT2D eigenvalue weighted by Crippen LogP contribution is -2.14. The Hall–Kier alpha value is -1.83. The number of aromatic carboxylic acids is 1. The molecular formula is C13H10Cl2N2O4S. The number of carboxylic acid groups (broad SMARTS) is 1. The summed E-state index contributed by atoms with van der Waals surface area (Å²) < 4.78 is 26.8. The highest BCUT2D eigenvalue weighted by Gasteiger charge is 2.17. The van der Waals surface area contributed by atoms with Crippen LogP contribution in [0, 0.1) is 6.92 Å². The molecular weight excluding hydrogens is 351 g/mol. The fourth-order valence-electron chi connectivity index (χ4n) is 1.65. The van der Waals surface area contributed by atoms with Gasteiger partial charge in [0.15, 0.2) is 0 Å². The van der Waals surface area contributed by atoms with Gasteiger partial charge >= 0.3 is 5.97 Å². The van der Waals surface area contributed by atoms with Crippen LogP contribution < -0.4 is 4.72 Å². The number of rotatable bonds is 4. The van der Waals surface area contributed by atoms with Gasteiger partial charge in [0.05, 0.1) is 10.6 Å². The van der Waals surface area contributed by atoms with E-state index in [4.69, 9.17) is 28.3 Å². The molecule has 0 aliphatic rings. The number of aryl methyl sites for hydroxylation is 1. The van der Waals surface area contributed by atoms with Crippen LogP contribution in [0.2, 0.25) is 10.2 Å². The van der Waals surface area contributed by atoms with Crippen molar-refractivity contribution in [2.45, 2.75) is 11.8 Å². The third kappa shape index (κ3) is 3.49. The number of hydrogen-bond donors (Lipinski definition) is 2. The highest BCUT2D eigenvalue weighted by Crippen LogP contribution is 2.23. The van der Waals surface area contributed by atoms with Crippen molar-refractivity contribution in [3.05, 3.63) is 51.8 Å². The number of carbonyl (C=O) groups is 1. The predicted molar refractivity (Wildman–Crippen MR) is 83.2 cm³/mol. The summed E-state index contributed by atoms with van der Waals surface area (Å²) in [5.74, 6) is -1.25. The third-order valence-corrected chi connectivity index (χ3v) is 4.82. The Labute approximate surface area is 136 Å². The van der Waals surface area contributed by atoms with E-state index in [1.54, 1.807) is 6.92 Å². The second kappa shape index (κ2) is 6.12. The van der Waals surface area contributed by atoms with Gasteiger partial charge in [-0.15, -0.1) is 0 Å². The number of sulfonamides is 1. The highest BCUT2D eigenvalue weighted by molar-refractivity contribution is 7.92. The first-order valence-corrected chi connectivity index (χ1v) is 8.12. The smallest absolute Gasteiger partial charge is 0.337 e. The molecule has 116 valence electrons. The van der Waals surface area contributed by atoms with Crippen LogP contribution in [0.4, 0.5) is 5.69 Å². The lowest BCUT2D eigenvalue weighted by molar-refractivity contribution is 0.0697.